The molecule has 0 saturated carbocycles. The van der Waals surface area contributed by atoms with Gasteiger partial charge in [-0.2, -0.15) is 0 Å². The molecule has 0 aromatic rings. The summed E-state index contributed by atoms with van der Waals surface area (Å²) in [6, 6.07) is 0. The van der Waals surface area contributed by atoms with Crippen molar-refractivity contribution >= 4 is 40.0 Å². The molecule has 3 nitrogen and oxygen atoms in total. The maximum Gasteiger partial charge on any atom is -0.147 e. The van der Waals surface area contributed by atoms with Crippen LogP contribution in [0.3, 0.4) is 0 Å². The SMILES string of the molecule is C[O][Zr]([CH3])(=[SiH2])([NH]C(C)(C)C)([O][Si](C)(C)C)[C]1=C(C)C(C)=C(C)C1C.Cl.Cl. The molecule has 0 radical (unpaired) electrons. The molecule has 1 rings (SSSR count). The second-order valence-corrected chi connectivity index (χ2v) is 43.4. The summed E-state index contributed by atoms with van der Waals surface area (Å²) in [4.78, 5) is 0. The molecule has 0 bridgehead atoms. The van der Waals surface area contributed by atoms with Crippen molar-refractivity contribution in [2.75, 3.05) is 7.11 Å². The topological polar surface area (TPSA) is 30.5 Å². The molecule has 0 aromatic heterocycles. The van der Waals surface area contributed by atoms with Gasteiger partial charge >= 0.3 is 152 Å². The molecule has 157 valence electrons. The van der Waals surface area contributed by atoms with Crippen LogP contribution >= 0.6 is 24.8 Å². The van der Waals surface area contributed by atoms with Crippen molar-refractivity contribution in [1.82, 2.24) is 3.26 Å². The summed E-state index contributed by atoms with van der Waals surface area (Å²) < 4.78 is 21.5. The molecule has 26 heavy (non-hydrogen) atoms. The summed E-state index contributed by atoms with van der Waals surface area (Å²) in [7, 11) is -0.0117. The molecule has 0 saturated heterocycles. The largest absolute Gasteiger partial charge is 0.147 e. The Bertz CT molecular complexity index is 696. The van der Waals surface area contributed by atoms with Gasteiger partial charge in [0.15, 0.2) is 0 Å². The number of nitrogens with one attached hydrogen (secondary N) is 1. The summed E-state index contributed by atoms with van der Waals surface area (Å²) in [5.41, 5.74) is 4.11. The van der Waals surface area contributed by atoms with E-state index in [9.17, 15) is 0 Å². The molecule has 0 amide bonds. The fraction of sp³-hybridized carbons (Fsp3) is 0.778. The Morgan fingerprint density at radius 2 is 1.46 bits per heavy atom. The maximum absolute atomic E-state index is 7.18. The molecule has 1 N–H and O–H groups in total. The van der Waals surface area contributed by atoms with Gasteiger partial charge in [0, 0.05) is 0 Å². The number of allylic oxidation sites excluding steroid dienone is 4. The fourth-order valence-corrected chi connectivity index (χ4v) is 50.9. The van der Waals surface area contributed by atoms with Gasteiger partial charge in [-0.25, -0.2) is 0 Å². The van der Waals surface area contributed by atoms with E-state index in [0.29, 0.717) is 5.92 Å². The minimum absolute atomic E-state index is 0. The second kappa shape index (κ2) is 7.83. The van der Waals surface area contributed by atoms with Crippen molar-refractivity contribution in [3.05, 3.63) is 20.0 Å². The van der Waals surface area contributed by atoms with Gasteiger partial charge in [-0.05, 0) is 0 Å². The number of rotatable bonds is 5. The third kappa shape index (κ3) is 5.44. The maximum atomic E-state index is 7.18. The van der Waals surface area contributed by atoms with E-state index in [1.165, 1.54) is 20.0 Å². The second-order valence-electron chi connectivity index (χ2n) is 10.4. The summed E-state index contributed by atoms with van der Waals surface area (Å²) in [6.45, 7) is 24.5. The van der Waals surface area contributed by atoms with Crippen LogP contribution < -0.4 is 3.26 Å². The Morgan fingerprint density at radius 1 is 1.04 bits per heavy atom. The van der Waals surface area contributed by atoms with Crippen LogP contribution in [0.25, 0.3) is 0 Å². The Kier molecular flexibility index (Phi) is 8.87. The third-order valence-electron chi connectivity index (χ3n) is 5.47. The average molecular weight is 523 g/mol. The summed E-state index contributed by atoms with van der Waals surface area (Å²) in [6.07, 6.45) is 0. The van der Waals surface area contributed by atoms with Crippen molar-refractivity contribution < 1.29 is 22.4 Å². The molecule has 0 spiro atoms. The zero-order chi connectivity index (χ0) is 19.4. The van der Waals surface area contributed by atoms with Crippen molar-refractivity contribution in [2.24, 2.45) is 5.92 Å². The summed E-state index contributed by atoms with van der Waals surface area (Å²) in [5, 5.41) is 0. The van der Waals surface area contributed by atoms with E-state index in [1.54, 1.807) is 0 Å². The quantitative estimate of drug-likeness (QED) is 0.481. The molecule has 1 aliphatic carbocycles. The zero-order valence-electron chi connectivity index (χ0n) is 18.9. The van der Waals surface area contributed by atoms with Gasteiger partial charge in [-0.1, -0.05) is 0 Å². The molecule has 1 unspecified atom stereocenters. The Labute approximate surface area is 175 Å². The fourth-order valence-electron chi connectivity index (χ4n) is 5.02. The first-order valence-corrected chi connectivity index (χ1v) is 25.3. The van der Waals surface area contributed by atoms with Gasteiger partial charge in [0.1, 0.15) is 0 Å². The van der Waals surface area contributed by atoms with Crippen LogP contribution in [0.5, 0.6) is 0 Å². The van der Waals surface area contributed by atoms with Crippen molar-refractivity contribution in [1.29, 1.82) is 0 Å². The van der Waals surface area contributed by atoms with Crippen molar-refractivity contribution in [2.45, 2.75) is 78.3 Å². The number of hydrogen-bond acceptors (Lipinski definition) is 3. The Hall–Kier alpha value is 1.26. The smallest absolute Gasteiger partial charge is 0.147 e. The summed E-state index contributed by atoms with van der Waals surface area (Å²) >= 11 is -4.88. The molecule has 0 aromatic carbocycles. The van der Waals surface area contributed by atoms with E-state index in [-0.39, 0.29) is 30.4 Å². The van der Waals surface area contributed by atoms with E-state index in [0.717, 1.165) is 0 Å². The van der Waals surface area contributed by atoms with E-state index in [2.05, 4.69) is 76.0 Å². The van der Waals surface area contributed by atoms with Gasteiger partial charge in [-0.3, -0.25) is 0 Å². The standard InChI is InChI=1S/C9H13.C4H10N.C3H9OSi.CH3O.CH3.2ClH.H2Si.Zr/c1-6-5-7(2)9(4)8(6)3;1-4(2,3)5;1-5(2,3)4;1-2;;;;;/h6H,1-4H3;5H,1-3H3;1-3H3;1H3;1H3;2*1H;1H2;/q;3*-1;;;;;+3. The first kappa shape index (κ1) is 29.5. The minimum Gasteiger partial charge on any atom is -0.147 e. The van der Waals surface area contributed by atoms with Crippen molar-refractivity contribution in [3.8, 4) is 0 Å². The molecule has 8 heteroatoms. The van der Waals surface area contributed by atoms with Crippen LogP contribution in [0.15, 0.2) is 20.0 Å². The van der Waals surface area contributed by atoms with Gasteiger partial charge in [0.05, 0.1) is 0 Å². The van der Waals surface area contributed by atoms with Crippen molar-refractivity contribution in [3.63, 3.8) is 0 Å². The number of halogens is 2. The van der Waals surface area contributed by atoms with E-state index in [4.69, 9.17) is 5.32 Å². The molecule has 0 heterocycles. The van der Waals surface area contributed by atoms with Gasteiger partial charge in [0.25, 0.3) is 0 Å². The molecular weight excluding hydrogens is 481 g/mol. The monoisotopic (exact) mass is 520 g/mol. The van der Waals surface area contributed by atoms with Crippen LogP contribution in [0.4, 0.5) is 0 Å². The van der Waals surface area contributed by atoms with Crippen LogP contribution in [0.1, 0.15) is 48.5 Å². The average Bonchev–Trinajstić information content (AvgIpc) is 2.49. The first-order valence-electron chi connectivity index (χ1n) is 9.03. The third-order valence-corrected chi connectivity index (χ3v) is 36.3. The molecular formula is C18H42Cl2NO2Si2Zr. The predicted molar refractivity (Wildman–Crippen MR) is 123 cm³/mol. The molecule has 1 aliphatic rings. The van der Waals surface area contributed by atoms with Crippen LogP contribution in [0, 0.1) is 5.92 Å². The minimum atomic E-state index is -4.88. The summed E-state index contributed by atoms with van der Waals surface area (Å²) in [5.74, 6) is 0.357. The van der Waals surface area contributed by atoms with E-state index in [1.807, 2.05) is 14.0 Å². The van der Waals surface area contributed by atoms with Gasteiger partial charge in [0.2, 0.25) is 0 Å². The van der Waals surface area contributed by atoms with E-state index >= 15 is 0 Å². The molecule has 1 atom stereocenters. The number of hydrogen-bond donors (Lipinski definition) is 1. The van der Waals surface area contributed by atoms with Crippen LogP contribution in [0.2, 0.25) is 24.3 Å². The van der Waals surface area contributed by atoms with Crippen LogP contribution in [-0.2, 0) is 22.4 Å². The van der Waals surface area contributed by atoms with Gasteiger partial charge < -0.3 is 0 Å². The zero-order valence-corrected chi connectivity index (χ0v) is 25.4. The van der Waals surface area contributed by atoms with Crippen LogP contribution in [-0.4, -0.2) is 27.8 Å². The van der Waals surface area contributed by atoms with E-state index < -0.39 is 25.4 Å². The first-order chi connectivity index (χ1) is 10.3. The molecule has 0 aliphatic heterocycles. The predicted octanol–water partition coefficient (Wildman–Crippen LogP) is 5.54. The molecule has 0 fully saturated rings. The van der Waals surface area contributed by atoms with Gasteiger partial charge in [-0.15, -0.1) is 24.8 Å². The Balaban J connectivity index is 0. The Morgan fingerprint density at radius 3 is 1.69 bits per heavy atom. The normalized spacial score (nSPS) is 21.8.